The van der Waals surface area contributed by atoms with Crippen molar-refractivity contribution in [1.82, 2.24) is 9.78 Å². The molecule has 0 N–H and O–H groups in total. The fourth-order valence-electron chi connectivity index (χ4n) is 1.83. The van der Waals surface area contributed by atoms with Crippen LogP contribution in [0, 0.1) is 13.8 Å². The van der Waals surface area contributed by atoms with Gasteiger partial charge in [0.05, 0.1) is 18.0 Å². The molecule has 0 aliphatic rings. The van der Waals surface area contributed by atoms with E-state index in [9.17, 15) is 4.79 Å². The zero-order valence-corrected chi connectivity index (χ0v) is 11.2. The molecule has 2 aromatic rings. The molecule has 1 heterocycles. The number of hydrogen-bond donors (Lipinski definition) is 0. The Labute approximate surface area is 111 Å². The molecule has 1 aromatic carbocycles. The van der Waals surface area contributed by atoms with Gasteiger partial charge >= 0.3 is 6.16 Å². The molecule has 100 valence electrons. The highest BCUT2D eigenvalue weighted by molar-refractivity contribution is 5.65. The van der Waals surface area contributed by atoms with E-state index in [1.165, 1.54) is 0 Å². The number of ether oxygens (including phenoxy) is 2. The van der Waals surface area contributed by atoms with Crippen molar-refractivity contribution in [3.05, 3.63) is 41.7 Å². The Morgan fingerprint density at radius 3 is 2.58 bits per heavy atom. The summed E-state index contributed by atoms with van der Waals surface area (Å²) in [7, 11) is 0. The van der Waals surface area contributed by atoms with Gasteiger partial charge in [0, 0.05) is 0 Å². The maximum atomic E-state index is 11.4. The van der Waals surface area contributed by atoms with Crippen molar-refractivity contribution in [3.8, 4) is 11.4 Å². The summed E-state index contributed by atoms with van der Waals surface area (Å²) >= 11 is 0. The van der Waals surface area contributed by atoms with Crippen LogP contribution >= 0.6 is 0 Å². The van der Waals surface area contributed by atoms with Crippen molar-refractivity contribution in [2.24, 2.45) is 0 Å². The molecule has 0 saturated carbocycles. The minimum Gasteiger partial charge on any atom is -0.434 e. The number of carbonyl (C=O) groups is 1. The third-order valence-electron chi connectivity index (χ3n) is 2.67. The molecule has 1 aromatic heterocycles. The average molecular weight is 260 g/mol. The smallest absolute Gasteiger partial charge is 0.434 e. The molecule has 0 bridgehead atoms. The van der Waals surface area contributed by atoms with Crippen LogP contribution < -0.4 is 4.74 Å². The van der Waals surface area contributed by atoms with Gasteiger partial charge in [-0.1, -0.05) is 18.2 Å². The minimum absolute atomic E-state index is 0.281. The number of carbonyl (C=O) groups excluding carboxylic acids is 1. The molecule has 0 atom stereocenters. The SMILES string of the molecule is CCOC(=O)Oc1c(C)nn(-c2ccccc2)c1C. The van der Waals surface area contributed by atoms with Gasteiger partial charge in [-0.25, -0.2) is 9.48 Å². The summed E-state index contributed by atoms with van der Waals surface area (Å²) in [5.74, 6) is 0.447. The summed E-state index contributed by atoms with van der Waals surface area (Å²) in [6.07, 6.45) is -0.707. The highest BCUT2D eigenvalue weighted by Gasteiger charge is 2.17. The van der Waals surface area contributed by atoms with Gasteiger partial charge in [-0.05, 0) is 32.9 Å². The molecule has 0 amide bonds. The lowest BCUT2D eigenvalue weighted by Gasteiger charge is -2.05. The lowest BCUT2D eigenvalue weighted by Crippen LogP contribution is -2.11. The predicted octanol–water partition coefficient (Wildman–Crippen LogP) is 3.02. The molecule has 5 heteroatoms. The highest BCUT2D eigenvalue weighted by Crippen LogP contribution is 2.25. The minimum atomic E-state index is -0.707. The first kappa shape index (κ1) is 13.1. The highest BCUT2D eigenvalue weighted by atomic mass is 16.7. The van der Waals surface area contributed by atoms with Crippen molar-refractivity contribution in [2.45, 2.75) is 20.8 Å². The van der Waals surface area contributed by atoms with Gasteiger partial charge in [-0.15, -0.1) is 0 Å². The van der Waals surface area contributed by atoms with Crippen LogP contribution in [0.1, 0.15) is 18.3 Å². The lowest BCUT2D eigenvalue weighted by molar-refractivity contribution is 0.104. The van der Waals surface area contributed by atoms with E-state index in [0.717, 1.165) is 11.4 Å². The standard InChI is InChI=1S/C14H16N2O3/c1-4-18-14(17)19-13-10(2)15-16(11(13)3)12-8-6-5-7-9-12/h5-9H,4H2,1-3H3. The fourth-order valence-corrected chi connectivity index (χ4v) is 1.83. The molecule has 0 fully saturated rings. The molecule has 0 spiro atoms. The zero-order valence-electron chi connectivity index (χ0n) is 11.2. The number of hydrogen-bond acceptors (Lipinski definition) is 4. The largest absolute Gasteiger partial charge is 0.513 e. The lowest BCUT2D eigenvalue weighted by atomic mass is 10.3. The zero-order chi connectivity index (χ0) is 13.8. The number of nitrogens with zero attached hydrogens (tertiary/aromatic N) is 2. The first-order chi connectivity index (χ1) is 9.13. The van der Waals surface area contributed by atoms with Crippen LogP contribution in [0.2, 0.25) is 0 Å². The van der Waals surface area contributed by atoms with Crippen LogP contribution in [-0.2, 0) is 4.74 Å². The van der Waals surface area contributed by atoms with E-state index in [4.69, 9.17) is 9.47 Å². The Hall–Kier alpha value is -2.30. The van der Waals surface area contributed by atoms with Gasteiger partial charge in [0.25, 0.3) is 0 Å². The van der Waals surface area contributed by atoms with Crippen molar-refractivity contribution < 1.29 is 14.3 Å². The second-order valence-corrected chi connectivity index (χ2v) is 4.03. The number of para-hydroxylation sites is 1. The Bertz CT molecular complexity index is 576. The Balaban J connectivity index is 2.33. The third-order valence-corrected chi connectivity index (χ3v) is 2.67. The third kappa shape index (κ3) is 2.76. The average Bonchev–Trinajstić information content (AvgIpc) is 2.68. The molecule has 0 radical (unpaired) electrons. The van der Waals surface area contributed by atoms with Crippen LogP contribution in [0.5, 0.6) is 5.75 Å². The van der Waals surface area contributed by atoms with Gasteiger partial charge in [0.1, 0.15) is 5.69 Å². The first-order valence-corrected chi connectivity index (χ1v) is 6.09. The van der Waals surface area contributed by atoms with Gasteiger partial charge < -0.3 is 9.47 Å². The Morgan fingerprint density at radius 2 is 1.95 bits per heavy atom. The van der Waals surface area contributed by atoms with E-state index < -0.39 is 6.16 Å². The molecule has 0 aliphatic carbocycles. The first-order valence-electron chi connectivity index (χ1n) is 6.09. The van der Waals surface area contributed by atoms with E-state index in [1.807, 2.05) is 37.3 Å². The van der Waals surface area contributed by atoms with E-state index in [1.54, 1.807) is 18.5 Å². The van der Waals surface area contributed by atoms with Crippen LogP contribution in [0.4, 0.5) is 4.79 Å². The van der Waals surface area contributed by atoms with E-state index in [2.05, 4.69) is 5.10 Å². The maximum absolute atomic E-state index is 11.4. The van der Waals surface area contributed by atoms with E-state index >= 15 is 0 Å². The predicted molar refractivity (Wildman–Crippen MR) is 70.7 cm³/mol. The number of benzene rings is 1. The van der Waals surface area contributed by atoms with Crippen LogP contribution in [0.3, 0.4) is 0 Å². The summed E-state index contributed by atoms with van der Waals surface area (Å²) < 4.78 is 11.7. The van der Waals surface area contributed by atoms with Crippen LogP contribution in [0.15, 0.2) is 30.3 Å². The number of rotatable bonds is 3. The molecule has 19 heavy (non-hydrogen) atoms. The molecule has 5 nitrogen and oxygen atoms in total. The summed E-state index contributed by atoms with van der Waals surface area (Å²) in [5.41, 5.74) is 2.33. The van der Waals surface area contributed by atoms with Gasteiger partial charge in [-0.2, -0.15) is 5.10 Å². The number of aromatic nitrogens is 2. The van der Waals surface area contributed by atoms with Gasteiger partial charge in [-0.3, -0.25) is 0 Å². The van der Waals surface area contributed by atoms with Crippen LogP contribution in [0.25, 0.3) is 5.69 Å². The summed E-state index contributed by atoms with van der Waals surface area (Å²) in [6, 6.07) is 9.67. The summed E-state index contributed by atoms with van der Waals surface area (Å²) in [5, 5.41) is 4.38. The second-order valence-electron chi connectivity index (χ2n) is 4.03. The molecular formula is C14H16N2O3. The Morgan fingerprint density at radius 1 is 1.26 bits per heavy atom. The fraction of sp³-hybridized carbons (Fsp3) is 0.286. The van der Waals surface area contributed by atoms with Crippen molar-refractivity contribution in [3.63, 3.8) is 0 Å². The Kier molecular flexibility index (Phi) is 3.85. The van der Waals surface area contributed by atoms with Gasteiger partial charge in [0.2, 0.25) is 0 Å². The number of aryl methyl sites for hydroxylation is 1. The molecule has 0 saturated heterocycles. The molecule has 2 rings (SSSR count). The summed E-state index contributed by atoms with van der Waals surface area (Å²) in [6.45, 7) is 5.65. The van der Waals surface area contributed by atoms with E-state index in [0.29, 0.717) is 11.4 Å². The van der Waals surface area contributed by atoms with Gasteiger partial charge in [0.15, 0.2) is 5.75 Å². The quantitative estimate of drug-likeness (QED) is 0.796. The van der Waals surface area contributed by atoms with Crippen molar-refractivity contribution in [2.75, 3.05) is 6.61 Å². The van der Waals surface area contributed by atoms with Crippen molar-refractivity contribution in [1.29, 1.82) is 0 Å². The molecule has 0 aliphatic heterocycles. The topological polar surface area (TPSA) is 53.4 Å². The molecule has 0 unspecified atom stereocenters. The second kappa shape index (κ2) is 5.56. The van der Waals surface area contributed by atoms with Crippen LogP contribution in [-0.4, -0.2) is 22.5 Å². The molecular weight excluding hydrogens is 244 g/mol. The van der Waals surface area contributed by atoms with E-state index in [-0.39, 0.29) is 6.61 Å². The normalized spacial score (nSPS) is 10.3. The monoisotopic (exact) mass is 260 g/mol. The van der Waals surface area contributed by atoms with Crippen molar-refractivity contribution >= 4 is 6.16 Å². The summed E-state index contributed by atoms with van der Waals surface area (Å²) in [4.78, 5) is 11.4. The maximum Gasteiger partial charge on any atom is 0.513 e.